The van der Waals surface area contributed by atoms with E-state index in [0.29, 0.717) is 50.2 Å². The second-order valence-corrected chi connectivity index (χ2v) is 8.75. The number of nitrogens with zero attached hydrogens (tertiary/aromatic N) is 5. The van der Waals surface area contributed by atoms with Gasteiger partial charge in [-0.15, -0.1) is 0 Å². The molecule has 4 rings (SSSR count). The number of hydrogen-bond donors (Lipinski definition) is 1. The van der Waals surface area contributed by atoms with Crippen LogP contribution in [-0.2, 0) is 15.7 Å². The highest BCUT2D eigenvalue weighted by Crippen LogP contribution is 2.29. The van der Waals surface area contributed by atoms with Gasteiger partial charge in [0.25, 0.3) is 11.5 Å². The monoisotopic (exact) mass is 496 g/mol. The van der Waals surface area contributed by atoms with Crippen molar-refractivity contribution >= 4 is 11.9 Å². The summed E-state index contributed by atoms with van der Waals surface area (Å²) in [4.78, 5) is 35.9. The summed E-state index contributed by atoms with van der Waals surface area (Å²) < 4.78 is 49.7. The molecule has 2 aromatic heterocycles. The van der Waals surface area contributed by atoms with Crippen LogP contribution in [0.4, 0.5) is 19.1 Å². The van der Waals surface area contributed by atoms with Crippen molar-refractivity contribution in [3.05, 3.63) is 40.1 Å². The number of nitrogens with one attached hydrogen (secondary N) is 1. The van der Waals surface area contributed by atoms with Gasteiger partial charge in [-0.05, 0) is 26.7 Å². The molecule has 2 aliphatic heterocycles. The highest BCUT2D eigenvalue weighted by molar-refractivity contribution is 5.83. The van der Waals surface area contributed by atoms with Crippen molar-refractivity contribution in [3.8, 4) is 5.75 Å². The van der Waals surface area contributed by atoms with Crippen LogP contribution < -0.4 is 15.2 Å². The number of rotatable bonds is 7. The summed E-state index contributed by atoms with van der Waals surface area (Å²) in [5.41, 5.74) is -0.787. The van der Waals surface area contributed by atoms with E-state index < -0.39 is 17.8 Å². The average molecular weight is 496 g/mol. The van der Waals surface area contributed by atoms with E-state index in [9.17, 15) is 22.8 Å². The number of ether oxygens (including phenoxy) is 2. The minimum absolute atomic E-state index is 0.0280. The highest BCUT2D eigenvalue weighted by atomic mass is 19.4. The van der Waals surface area contributed by atoms with Gasteiger partial charge in [-0.1, -0.05) is 0 Å². The Morgan fingerprint density at radius 1 is 1.11 bits per heavy atom. The third-order valence-electron chi connectivity index (χ3n) is 6.26. The summed E-state index contributed by atoms with van der Waals surface area (Å²) in [7, 11) is 0. The van der Waals surface area contributed by atoms with Gasteiger partial charge in [0.15, 0.2) is 0 Å². The van der Waals surface area contributed by atoms with E-state index in [0.717, 1.165) is 12.4 Å². The summed E-state index contributed by atoms with van der Waals surface area (Å²) in [6, 6.07) is 0.0280. The maximum atomic E-state index is 12.9. The molecule has 0 aromatic carbocycles. The molecule has 1 N–H and O–H groups in total. The first-order valence-electron chi connectivity index (χ1n) is 11.4. The minimum atomic E-state index is -4.47. The van der Waals surface area contributed by atoms with Crippen LogP contribution >= 0.6 is 0 Å². The molecule has 0 aliphatic carbocycles. The molecule has 0 bridgehead atoms. The highest BCUT2D eigenvalue weighted by Gasteiger charge is 2.38. The molecular weight excluding hydrogens is 469 g/mol. The zero-order valence-electron chi connectivity index (χ0n) is 19.4. The molecule has 2 saturated heterocycles. The average Bonchev–Trinajstić information content (AvgIpc) is 3.20. The Morgan fingerprint density at radius 3 is 2.46 bits per heavy atom. The second-order valence-electron chi connectivity index (χ2n) is 8.75. The van der Waals surface area contributed by atoms with Gasteiger partial charge in [-0.3, -0.25) is 9.59 Å². The second kappa shape index (κ2) is 10.2. The van der Waals surface area contributed by atoms with Gasteiger partial charge in [-0.2, -0.15) is 18.3 Å². The van der Waals surface area contributed by atoms with Gasteiger partial charge < -0.3 is 19.3 Å². The predicted octanol–water partition coefficient (Wildman–Crippen LogP) is 1.94. The lowest BCUT2D eigenvalue weighted by atomic mass is 10.0. The Labute approximate surface area is 199 Å². The zero-order valence-corrected chi connectivity index (χ0v) is 19.4. The van der Waals surface area contributed by atoms with Crippen molar-refractivity contribution in [2.75, 3.05) is 31.1 Å². The number of H-pyrrole nitrogens is 1. The fourth-order valence-electron chi connectivity index (χ4n) is 4.26. The van der Waals surface area contributed by atoms with E-state index >= 15 is 0 Å². The predicted molar refractivity (Wildman–Crippen MR) is 118 cm³/mol. The number of hydrogen-bond acceptors (Lipinski definition) is 8. The van der Waals surface area contributed by atoms with Gasteiger partial charge in [0.1, 0.15) is 18.0 Å². The number of alkyl halides is 3. The van der Waals surface area contributed by atoms with Crippen molar-refractivity contribution in [1.29, 1.82) is 0 Å². The fraction of sp³-hybridized carbons (Fsp3) is 0.591. The molecule has 2 aromatic rings. The molecule has 2 fully saturated rings. The number of aromatic nitrogens is 4. The molecule has 13 heteroatoms. The number of anilines is 1. The first kappa shape index (κ1) is 24.9. The third kappa shape index (κ3) is 5.72. The summed E-state index contributed by atoms with van der Waals surface area (Å²) in [6.07, 6.45) is -0.508. The Balaban J connectivity index is 1.24. The van der Waals surface area contributed by atoms with E-state index in [4.69, 9.17) is 9.47 Å². The quantitative estimate of drug-likeness (QED) is 0.619. The van der Waals surface area contributed by atoms with Gasteiger partial charge in [0.05, 0.1) is 23.9 Å². The Bertz CT molecular complexity index is 1090. The van der Waals surface area contributed by atoms with Crippen LogP contribution in [0.3, 0.4) is 0 Å². The lowest BCUT2D eigenvalue weighted by molar-refractivity contribution is -0.140. The maximum absolute atomic E-state index is 12.9. The summed E-state index contributed by atoms with van der Waals surface area (Å²) in [5, 5.41) is 6.06. The Hall–Kier alpha value is -3.22. The van der Waals surface area contributed by atoms with E-state index in [-0.39, 0.29) is 36.2 Å². The Morgan fingerprint density at radius 2 is 1.80 bits per heavy atom. The SMILES string of the molecule is Cc1c(O[C@@H](C)CO[C@H]2CCN(C3CCN(c4ncc(C(F)(F)F)cn4)CC3)C2=O)cn[nH]c1=O. The van der Waals surface area contributed by atoms with Crippen LogP contribution in [0, 0.1) is 6.92 Å². The molecule has 35 heavy (non-hydrogen) atoms. The first-order valence-corrected chi connectivity index (χ1v) is 11.4. The number of piperidine rings is 1. The topological polar surface area (TPSA) is 114 Å². The summed E-state index contributed by atoms with van der Waals surface area (Å²) >= 11 is 0. The molecule has 0 saturated carbocycles. The van der Waals surface area contributed by atoms with Gasteiger partial charge in [0, 0.05) is 44.5 Å². The van der Waals surface area contributed by atoms with Gasteiger partial charge >= 0.3 is 6.18 Å². The van der Waals surface area contributed by atoms with Gasteiger partial charge in [-0.25, -0.2) is 15.1 Å². The lowest BCUT2D eigenvalue weighted by Crippen LogP contribution is -2.47. The smallest absolute Gasteiger partial charge is 0.419 e. The van der Waals surface area contributed by atoms with Crippen LogP contribution in [-0.4, -0.2) is 75.5 Å². The van der Waals surface area contributed by atoms with Gasteiger partial charge in [0.2, 0.25) is 5.95 Å². The summed E-state index contributed by atoms with van der Waals surface area (Å²) in [6.45, 7) is 5.27. The molecule has 190 valence electrons. The van der Waals surface area contributed by atoms with Crippen molar-refractivity contribution < 1.29 is 27.4 Å². The van der Waals surface area contributed by atoms with E-state index in [1.165, 1.54) is 6.20 Å². The molecule has 0 radical (unpaired) electrons. The number of amides is 1. The van der Waals surface area contributed by atoms with Crippen LogP contribution in [0.2, 0.25) is 0 Å². The van der Waals surface area contributed by atoms with Crippen LogP contribution in [0.5, 0.6) is 5.75 Å². The molecule has 10 nitrogen and oxygen atoms in total. The van der Waals surface area contributed by atoms with Crippen LogP contribution in [0.1, 0.15) is 37.3 Å². The molecule has 2 atom stereocenters. The molecule has 1 amide bonds. The number of halogens is 3. The zero-order chi connectivity index (χ0) is 25.2. The first-order chi connectivity index (χ1) is 16.6. The normalized spacial score (nSPS) is 20.4. The van der Waals surface area contributed by atoms with Crippen molar-refractivity contribution in [2.24, 2.45) is 0 Å². The lowest BCUT2D eigenvalue weighted by Gasteiger charge is -2.36. The minimum Gasteiger partial charge on any atom is -0.486 e. The molecule has 0 unspecified atom stereocenters. The summed E-state index contributed by atoms with van der Waals surface area (Å²) in [5.74, 6) is 0.550. The van der Waals surface area contributed by atoms with Crippen molar-refractivity contribution in [3.63, 3.8) is 0 Å². The number of carbonyl (C=O) groups is 1. The molecular formula is C22H27F3N6O4. The number of aromatic amines is 1. The number of likely N-dealkylation sites (tertiary alicyclic amines) is 1. The standard InChI is InChI=1S/C22H27F3N6O4/c1-13(35-18-11-28-29-19(32)14(18)2)12-34-17-5-8-31(20(17)33)16-3-6-30(7-4-16)21-26-9-15(10-27-21)22(23,24)25/h9-11,13,16-17H,3-8,12H2,1-2H3,(H,29,32)/t13-,17-/m0/s1. The Kier molecular flexibility index (Phi) is 7.24. The molecule has 2 aliphatic rings. The maximum Gasteiger partial charge on any atom is 0.419 e. The molecule has 4 heterocycles. The van der Waals surface area contributed by atoms with E-state index in [1.54, 1.807) is 13.8 Å². The number of carbonyl (C=O) groups excluding carboxylic acids is 1. The van der Waals surface area contributed by atoms with Crippen molar-refractivity contribution in [2.45, 2.75) is 57.5 Å². The van der Waals surface area contributed by atoms with Crippen LogP contribution in [0.25, 0.3) is 0 Å². The van der Waals surface area contributed by atoms with E-state index in [2.05, 4.69) is 20.2 Å². The third-order valence-corrected chi connectivity index (χ3v) is 6.26. The molecule has 0 spiro atoms. The van der Waals surface area contributed by atoms with Crippen molar-refractivity contribution in [1.82, 2.24) is 25.1 Å². The largest absolute Gasteiger partial charge is 0.486 e. The fourth-order valence-corrected chi connectivity index (χ4v) is 4.26. The van der Waals surface area contributed by atoms with E-state index in [1.807, 2.05) is 9.80 Å². The van der Waals surface area contributed by atoms with Crippen LogP contribution in [0.15, 0.2) is 23.4 Å².